The Morgan fingerprint density at radius 1 is 1.26 bits per heavy atom. The van der Waals surface area contributed by atoms with E-state index >= 15 is 0 Å². The molecule has 1 rings (SSSR count). The first-order chi connectivity index (χ1) is 12.4. The number of ether oxygens (including phenoxy) is 1. The first kappa shape index (κ1) is 22.3. The van der Waals surface area contributed by atoms with Crippen molar-refractivity contribution >= 4 is 27.7 Å². The number of hydrogen-bond donors (Lipinski definition) is 3. The lowest BCUT2D eigenvalue weighted by molar-refractivity contribution is -0.387. The predicted molar refractivity (Wildman–Crippen MR) is 95.5 cm³/mol. The maximum Gasteiger partial charge on any atom is 0.408 e. The number of nitrogens with one attached hydrogen (secondary N) is 3. The van der Waals surface area contributed by atoms with Crippen molar-refractivity contribution in [2.24, 2.45) is 0 Å². The maximum absolute atomic E-state index is 12.4. The van der Waals surface area contributed by atoms with Gasteiger partial charge in [-0.3, -0.25) is 14.9 Å². The Balaban J connectivity index is 2.96. The SMILES string of the molecule is CNC(=O)[C@H](CNS(=O)(=O)c1ccccc1[N+](=O)[O-])NC(=O)OC(C)(C)C. The van der Waals surface area contributed by atoms with Crippen LogP contribution in [0.5, 0.6) is 0 Å². The van der Waals surface area contributed by atoms with Gasteiger partial charge in [0.2, 0.25) is 15.9 Å². The normalized spacial score (nSPS) is 12.7. The highest BCUT2D eigenvalue weighted by Gasteiger charge is 2.29. The second-order valence-corrected chi connectivity index (χ2v) is 8.13. The Labute approximate surface area is 156 Å². The Bertz CT molecular complexity index is 818. The van der Waals surface area contributed by atoms with Crippen molar-refractivity contribution in [3.05, 3.63) is 34.4 Å². The number of carbonyl (C=O) groups excluding carboxylic acids is 2. The lowest BCUT2D eigenvalue weighted by Crippen LogP contribution is -2.52. The molecule has 1 atom stereocenters. The maximum atomic E-state index is 12.4. The zero-order valence-electron chi connectivity index (χ0n) is 15.3. The number of hydrogen-bond acceptors (Lipinski definition) is 7. The third-order valence-corrected chi connectivity index (χ3v) is 4.55. The quantitative estimate of drug-likeness (QED) is 0.443. The Hall–Kier alpha value is -2.73. The van der Waals surface area contributed by atoms with Gasteiger partial charge in [0.05, 0.1) is 4.92 Å². The van der Waals surface area contributed by atoms with E-state index in [1.165, 1.54) is 19.2 Å². The lowest BCUT2D eigenvalue weighted by Gasteiger charge is -2.23. The van der Waals surface area contributed by atoms with Crippen LogP contribution in [0.3, 0.4) is 0 Å². The van der Waals surface area contributed by atoms with Crippen LogP contribution < -0.4 is 15.4 Å². The van der Waals surface area contributed by atoms with Crippen molar-refractivity contribution in [2.45, 2.75) is 37.3 Å². The molecule has 3 N–H and O–H groups in total. The van der Waals surface area contributed by atoms with E-state index in [4.69, 9.17) is 4.74 Å². The number of nitrogens with zero attached hydrogens (tertiary/aromatic N) is 1. The molecular weight excluding hydrogens is 380 g/mol. The number of nitro benzene ring substituents is 1. The molecule has 0 unspecified atom stereocenters. The molecule has 2 amide bonds. The van der Waals surface area contributed by atoms with Crippen molar-refractivity contribution in [1.29, 1.82) is 0 Å². The van der Waals surface area contributed by atoms with E-state index in [1.807, 2.05) is 0 Å². The summed E-state index contributed by atoms with van der Waals surface area (Å²) in [5, 5.41) is 15.6. The van der Waals surface area contributed by atoms with Gasteiger partial charge in [0, 0.05) is 19.7 Å². The number of rotatable bonds is 7. The summed E-state index contributed by atoms with van der Waals surface area (Å²) in [6.07, 6.45) is -0.916. The standard InChI is InChI=1S/C15H22N4O7S/c1-15(2,3)26-14(21)18-10(13(20)16-4)9-17-27(24,25)12-8-6-5-7-11(12)19(22)23/h5-8,10,17H,9H2,1-4H3,(H,16,20)(H,18,21)/t10-/m0/s1. The van der Waals surface area contributed by atoms with Crippen LogP contribution in [-0.4, -0.2) is 50.6 Å². The van der Waals surface area contributed by atoms with Crippen molar-refractivity contribution in [3.63, 3.8) is 0 Å². The second kappa shape index (κ2) is 8.77. The Kier molecular flexibility index (Phi) is 7.25. The van der Waals surface area contributed by atoms with Gasteiger partial charge >= 0.3 is 6.09 Å². The smallest absolute Gasteiger partial charge is 0.408 e. The largest absolute Gasteiger partial charge is 0.444 e. The number of benzene rings is 1. The molecule has 0 fully saturated rings. The molecule has 11 nitrogen and oxygen atoms in total. The number of carbonyl (C=O) groups is 2. The topological polar surface area (TPSA) is 157 Å². The summed E-state index contributed by atoms with van der Waals surface area (Å²) in [5.41, 5.74) is -1.43. The highest BCUT2D eigenvalue weighted by Crippen LogP contribution is 2.22. The second-order valence-electron chi connectivity index (χ2n) is 6.39. The average Bonchev–Trinajstić information content (AvgIpc) is 2.56. The van der Waals surface area contributed by atoms with Gasteiger partial charge in [-0.25, -0.2) is 17.9 Å². The van der Waals surface area contributed by atoms with E-state index in [0.29, 0.717) is 0 Å². The van der Waals surface area contributed by atoms with Crippen LogP contribution in [0, 0.1) is 10.1 Å². The minimum absolute atomic E-state index is 0.534. The van der Waals surface area contributed by atoms with E-state index in [1.54, 1.807) is 20.8 Å². The summed E-state index contributed by atoms with van der Waals surface area (Å²) >= 11 is 0. The van der Waals surface area contributed by atoms with Crippen LogP contribution in [0.25, 0.3) is 0 Å². The molecule has 1 aromatic rings. The van der Waals surface area contributed by atoms with Gasteiger partial charge < -0.3 is 15.4 Å². The van der Waals surface area contributed by atoms with Crippen LogP contribution >= 0.6 is 0 Å². The van der Waals surface area contributed by atoms with Crippen molar-refractivity contribution in [3.8, 4) is 0 Å². The van der Waals surface area contributed by atoms with E-state index < -0.39 is 55.7 Å². The summed E-state index contributed by atoms with van der Waals surface area (Å²) in [6, 6.07) is 3.48. The van der Waals surface area contributed by atoms with Crippen molar-refractivity contribution < 1.29 is 27.7 Å². The van der Waals surface area contributed by atoms with Crippen molar-refractivity contribution in [2.75, 3.05) is 13.6 Å². The van der Waals surface area contributed by atoms with Gasteiger partial charge in [-0.05, 0) is 26.8 Å². The molecule has 0 aliphatic carbocycles. The number of para-hydroxylation sites is 1. The van der Waals surface area contributed by atoms with Gasteiger partial charge in [0.15, 0.2) is 4.90 Å². The monoisotopic (exact) mass is 402 g/mol. The molecule has 150 valence electrons. The fraction of sp³-hybridized carbons (Fsp3) is 0.467. The van der Waals surface area contributed by atoms with Crippen LogP contribution in [0.2, 0.25) is 0 Å². The van der Waals surface area contributed by atoms with E-state index in [2.05, 4.69) is 15.4 Å². The minimum Gasteiger partial charge on any atom is -0.444 e. The van der Waals surface area contributed by atoms with Gasteiger partial charge in [-0.2, -0.15) is 0 Å². The summed E-state index contributed by atoms with van der Waals surface area (Å²) in [6.45, 7) is 4.34. The fourth-order valence-electron chi connectivity index (χ4n) is 1.94. The summed E-state index contributed by atoms with van der Waals surface area (Å²) in [7, 11) is -3.00. The third kappa shape index (κ3) is 6.83. The number of nitro groups is 1. The van der Waals surface area contributed by atoms with Crippen LogP contribution in [0.15, 0.2) is 29.2 Å². The first-order valence-corrected chi connectivity index (χ1v) is 9.30. The predicted octanol–water partition coefficient (Wildman–Crippen LogP) is 0.512. The molecule has 0 aromatic heterocycles. The lowest BCUT2D eigenvalue weighted by atomic mass is 10.2. The molecule has 12 heteroatoms. The van der Waals surface area contributed by atoms with E-state index in [9.17, 15) is 28.1 Å². The van der Waals surface area contributed by atoms with Crippen LogP contribution in [0.1, 0.15) is 20.8 Å². The molecule has 0 heterocycles. The van der Waals surface area contributed by atoms with Crippen LogP contribution in [0.4, 0.5) is 10.5 Å². The average molecular weight is 402 g/mol. The van der Waals surface area contributed by atoms with Gasteiger partial charge in [0.25, 0.3) is 5.69 Å². The minimum atomic E-state index is -4.31. The third-order valence-electron chi connectivity index (χ3n) is 3.08. The summed E-state index contributed by atoms with van der Waals surface area (Å²) in [4.78, 5) is 33.4. The molecule has 1 aromatic carbocycles. The van der Waals surface area contributed by atoms with Gasteiger partial charge in [0.1, 0.15) is 11.6 Å². The van der Waals surface area contributed by atoms with Crippen molar-refractivity contribution in [1.82, 2.24) is 15.4 Å². The number of amides is 2. The van der Waals surface area contributed by atoms with E-state index in [0.717, 1.165) is 12.1 Å². The number of sulfonamides is 1. The molecular formula is C15H22N4O7S. The number of alkyl carbamates (subject to hydrolysis) is 1. The zero-order chi connectivity index (χ0) is 20.8. The molecule has 0 aliphatic rings. The molecule has 0 spiro atoms. The van der Waals surface area contributed by atoms with Crippen LogP contribution in [-0.2, 0) is 19.6 Å². The Morgan fingerprint density at radius 3 is 2.37 bits per heavy atom. The highest BCUT2D eigenvalue weighted by molar-refractivity contribution is 7.89. The molecule has 0 bridgehead atoms. The molecule has 27 heavy (non-hydrogen) atoms. The first-order valence-electron chi connectivity index (χ1n) is 7.81. The van der Waals surface area contributed by atoms with Gasteiger partial charge in [-0.1, -0.05) is 12.1 Å². The van der Waals surface area contributed by atoms with Gasteiger partial charge in [-0.15, -0.1) is 0 Å². The summed E-state index contributed by atoms with van der Waals surface area (Å²) < 4.78 is 31.9. The number of likely N-dealkylation sites (N-methyl/N-ethyl adjacent to an activating group) is 1. The molecule has 0 aliphatic heterocycles. The molecule has 0 saturated heterocycles. The zero-order valence-corrected chi connectivity index (χ0v) is 16.1. The molecule has 0 saturated carbocycles. The fourth-order valence-corrected chi connectivity index (χ4v) is 3.16. The summed E-state index contributed by atoms with van der Waals surface area (Å²) in [5.74, 6) is -0.675. The van der Waals surface area contributed by atoms with E-state index in [-0.39, 0.29) is 0 Å². The molecule has 0 radical (unpaired) electrons. The Morgan fingerprint density at radius 2 is 1.85 bits per heavy atom. The highest BCUT2D eigenvalue weighted by atomic mass is 32.2.